The van der Waals surface area contributed by atoms with E-state index in [1.54, 1.807) is 0 Å². The summed E-state index contributed by atoms with van der Waals surface area (Å²) in [5.74, 6) is 0.612. The summed E-state index contributed by atoms with van der Waals surface area (Å²) in [5.41, 5.74) is 0.0918. The van der Waals surface area contributed by atoms with Crippen molar-refractivity contribution in [2.75, 3.05) is 19.6 Å². The average Bonchev–Trinajstić information content (AvgIpc) is 2.58. The van der Waals surface area contributed by atoms with Crippen LogP contribution in [0.3, 0.4) is 0 Å². The van der Waals surface area contributed by atoms with E-state index in [0.717, 1.165) is 38.9 Å². The summed E-state index contributed by atoms with van der Waals surface area (Å²) >= 11 is 0. The van der Waals surface area contributed by atoms with Crippen molar-refractivity contribution >= 4 is 18.3 Å². The van der Waals surface area contributed by atoms with Crippen molar-refractivity contribution in [2.45, 2.75) is 45.1 Å². The van der Waals surface area contributed by atoms with Crippen LogP contribution in [0.4, 0.5) is 0 Å². The fraction of sp³-hybridized carbons (Fsp3) is 0.917. The zero-order valence-corrected chi connectivity index (χ0v) is 11.1. The number of likely N-dealkylation sites (tertiary alicyclic amines) is 1. The monoisotopic (exact) mass is 246 g/mol. The number of halogens is 1. The number of nitrogens with one attached hydrogen (secondary N) is 1. The van der Waals surface area contributed by atoms with E-state index < -0.39 is 0 Å². The van der Waals surface area contributed by atoms with Crippen LogP contribution >= 0.6 is 12.4 Å². The number of rotatable bonds is 1. The normalized spacial score (nSPS) is 28.6. The van der Waals surface area contributed by atoms with Gasteiger partial charge in [-0.1, -0.05) is 0 Å². The van der Waals surface area contributed by atoms with Gasteiger partial charge >= 0.3 is 0 Å². The Morgan fingerprint density at radius 1 is 1.38 bits per heavy atom. The fourth-order valence-electron chi connectivity index (χ4n) is 2.80. The minimum Gasteiger partial charge on any atom is -0.337 e. The molecular formula is C12H23ClN2O. The molecule has 0 bridgehead atoms. The van der Waals surface area contributed by atoms with Gasteiger partial charge in [-0.2, -0.15) is 0 Å². The lowest BCUT2D eigenvalue weighted by molar-refractivity contribution is -0.139. The molecular weight excluding hydrogens is 224 g/mol. The molecule has 0 aromatic rings. The summed E-state index contributed by atoms with van der Waals surface area (Å²) in [7, 11) is 0. The average molecular weight is 247 g/mol. The summed E-state index contributed by atoms with van der Waals surface area (Å²) < 4.78 is 0. The molecule has 0 aromatic carbocycles. The molecule has 1 atom stereocenters. The predicted molar refractivity (Wildman–Crippen MR) is 67.9 cm³/mol. The van der Waals surface area contributed by atoms with E-state index in [0.29, 0.717) is 5.91 Å². The van der Waals surface area contributed by atoms with E-state index in [1.807, 2.05) is 0 Å². The Kier molecular flexibility index (Phi) is 4.62. The molecule has 0 radical (unpaired) electrons. The van der Waals surface area contributed by atoms with E-state index in [-0.39, 0.29) is 23.9 Å². The smallest absolute Gasteiger partial charge is 0.227 e. The lowest BCUT2D eigenvalue weighted by atomic mass is 9.95. The third-order valence-electron chi connectivity index (χ3n) is 3.81. The van der Waals surface area contributed by atoms with Gasteiger partial charge in [0, 0.05) is 18.6 Å². The first kappa shape index (κ1) is 13.8. The van der Waals surface area contributed by atoms with E-state index in [2.05, 4.69) is 24.1 Å². The molecule has 2 aliphatic heterocycles. The third kappa shape index (κ3) is 2.69. The van der Waals surface area contributed by atoms with Gasteiger partial charge in [0.05, 0.1) is 5.92 Å². The molecule has 1 amide bonds. The number of piperidine rings is 1. The second-order valence-electron chi connectivity index (χ2n) is 5.45. The van der Waals surface area contributed by atoms with Gasteiger partial charge in [-0.25, -0.2) is 0 Å². The van der Waals surface area contributed by atoms with Crippen LogP contribution in [0.15, 0.2) is 0 Å². The number of hydrogen-bond donors (Lipinski definition) is 1. The molecule has 16 heavy (non-hydrogen) atoms. The second kappa shape index (κ2) is 5.37. The maximum atomic E-state index is 12.3. The topological polar surface area (TPSA) is 32.3 Å². The molecule has 0 aromatic heterocycles. The largest absolute Gasteiger partial charge is 0.337 e. The molecule has 2 heterocycles. The van der Waals surface area contributed by atoms with Gasteiger partial charge in [0.2, 0.25) is 5.91 Å². The summed E-state index contributed by atoms with van der Waals surface area (Å²) in [5, 5.41) is 3.32. The van der Waals surface area contributed by atoms with Gasteiger partial charge in [-0.15, -0.1) is 12.4 Å². The minimum atomic E-state index is 0. The van der Waals surface area contributed by atoms with Crippen molar-refractivity contribution in [3.05, 3.63) is 0 Å². The third-order valence-corrected chi connectivity index (χ3v) is 3.81. The number of amides is 1. The Balaban J connectivity index is 0.00000128. The SMILES string of the molecule is CC1(C)CCCN1C(=O)C1CCCNC1.Cl. The summed E-state index contributed by atoms with van der Waals surface area (Å²) in [6.45, 7) is 7.29. The van der Waals surface area contributed by atoms with Crippen molar-refractivity contribution in [1.82, 2.24) is 10.2 Å². The van der Waals surface area contributed by atoms with Crippen molar-refractivity contribution in [3.63, 3.8) is 0 Å². The predicted octanol–water partition coefficient (Wildman–Crippen LogP) is 1.81. The molecule has 94 valence electrons. The van der Waals surface area contributed by atoms with E-state index in [4.69, 9.17) is 0 Å². The molecule has 1 N–H and O–H groups in total. The highest BCUT2D eigenvalue weighted by molar-refractivity contribution is 5.85. The standard InChI is InChI=1S/C12H22N2O.ClH/c1-12(2)6-4-8-14(12)11(15)10-5-3-7-13-9-10;/h10,13H,3-9H2,1-2H3;1H. The Hall–Kier alpha value is -0.280. The van der Waals surface area contributed by atoms with Gasteiger partial charge in [-0.3, -0.25) is 4.79 Å². The van der Waals surface area contributed by atoms with Crippen LogP contribution in [0.1, 0.15) is 39.5 Å². The van der Waals surface area contributed by atoms with Crippen LogP contribution in [0.2, 0.25) is 0 Å². The summed E-state index contributed by atoms with van der Waals surface area (Å²) in [4.78, 5) is 14.4. The number of hydrogen-bond acceptors (Lipinski definition) is 2. The van der Waals surface area contributed by atoms with E-state index >= 15 is 0 Å². The minimum absolute atomic E-state index is 0. The second-order valence-corrected chi connectivity index (χ2v) is 5.45. The van der Waals surface area contributed by atoms with Crippen LogP contribution < -0.4 is 5.32 Å². The first-order valence-electron chi connectivity index (χ1n) is 6.13. The van der Waals surface area contributed by atoms with Crippen LogP contribution in [-0.4, -0.2) is 36.0 Å². The molecule has 1 unspecified atom stereocenters. The molecule has 2 fully saturated rings. The molecule has 2 rings (SSSR count). The summed E-state index contributed by atoms with van der Waals surface area (Å²) in [6, 6.07) is 0. The zero-order chi connectivity index (χ0) is 10.9. The maximum Gasteiger partial charge on any atom is 0.227 e. The van der Waals surface area contributed by atoms with Gasteiger partial charge < -0.3 is 10.2 Å². The van der Waals surface area contributed by atoms with Crippen LogP contribution in [-0.2, 0) is 4.79 Å². The highest BCUT2D eigenvalue weighted by Crippen LogP contribution is 2.30. The Bertz CT molecular complexity index is 249. The molecule has 2 aliphatic rings. The first-order chi connectivity index (χ1) is 7.11. The van der Waals surface area contributed by atoms with Crippen LogP contribution in [0.5, 0.6) is 0 Å². The molecule has 2 saturated heterocycles. The van der Waals surface area contributed by atoms with Crippen molar-refractivity contribution in [1.29, 1.82) is 0 Å². The molecule has 0 saturated carbocycles. The van der Waals surface area contributed by atoms with E-state index in [1.165, 1.54) is 6.42 Å². The highest BCUT2D eigenvalue weighted by atomic mass is 35.5. The highest BCUT2D eigenvalue weighted by Gasteiger charge is 2.38. The van der Waals surface area contributed by atoms with Crippen molar-refractivity contribution in [3.8, 4) is 0 Å². The Morgan fingerprint density at radius 3 is 2.62 bits per heavy atom. The first-order valence-corrected chi connectivity index (χ1v) is 6.13. The number of nitrogens with zero attached hydrogens (tertiary/aromatic N) is 1. The van der Waals surface area contributed by atoms with Crippen LogP contribution in [0.25, 0.3) is 0 Å². The summed E-state index contributed by atoms with van der Waals surface area (Å²) in [6.07, 6.45) is 4.53. The maximum absolute atomic E-state index is 12.3. The quantitative estimate of drug-likeness (QED) is 0.766. The van der Waals surface area contributed by atoms with Gasteiger partial charge in [-0.05, 0) is 46.1 Å². The zero-order valence-electron chi connectivity index (χ0n) is 10.3. The van der Waals surface area contributed by atoms with Crippen molar-refractivity contribution < 1.29 is 4.79 Å². The number of carbonyl (C=O) groups excluding carboxylic acids is 1. The lowest BCUT2D eigenvalue weighted by Crippen LogP contribution is -2.48. The molecule has 3 nitrogen and oxygen atoms in total. The molecule has 0 spiro atoms. The molecule has 0 aliphatic carbocycles. The fourth-order valence-corrected chi connectivity index (χ4v) is 2.80. The van der Waals surface area contributed by atoms with Gasteiger partial charge in [0.1, 0.15) is 0 Å². The van der Waals surface area contributed by atoms with Crippen LogP contribution in [0, 0.1) is 5.92 Å². The van der Waals surface area contributed by atoms with Crippen molar-refractivity contribution in [2.24, 2.45) is 5.92 Å². The Morgan fingerprint density at radius 2 is 2.12 bits per heavy atom. The Labute approximate surface area is 104 Å². The lowest BCUT2D eigenvalue weighted by Gasteiger charge is -2.35. The van der Waals surface area contributed by atoms with Gasteiger partial charge in [0.25, 0.3) is 0 Å². The van der Waals surface area contributed by atoms with E-state index in [9.17, 15) is 4.79 Å². The molecule has 4 heteroatoms. The number of carbonyl (C=O) groups is 1. The van der Waals surface area contributed by atoms with Gasteiger partial charge in [0.15, 0.2) is 0 Å².